The van der Waals surface area contributed by atoms with Gasteiger partial charge in [0.05, 0.1) is 41.7 Å². The minimum Gasteiger partial charge on any atom is -0.490 e. The van der Waals surface area contributed by atoms with Crippen LogP contribution in [0.5, 0.6) is 17.2 Å². The molecule has 4 saturated carbocycles. The number of rotatable bonds is 16. The van der Waals surface area contributed by atoms with Crippen molar-refractivity contribution in [1.82, 2.24) is 24.9 Å². The lowest BCUT2D eigenvalue weighted by atomic mass is 9.89. The lowest BCUT2D eigenvalue weighted by Crippen LogP contribution is -2.52. The first-order valence-corrected chi connectivity index (χ1v) is 26.2. The van der Waals surface area contributed by atoms with Crippen molar-refractivity contribution in [3.63, 3.8) is 0 Å². The molecule has 410 valence electrons. The monoisotopic (exact) mass is 1070 g/mol. The number of hydrogen-bond donors (Lipinski definition) is 3. The zero-order valence-corrected chi connectivity index (χ0v) is 43.9. The van der Waals surface area contributed by atoms with Crippen molar-refractivity contribution in [2.24, 2.45) is 17.6 Å². The van der Waals surface area contributed by atoms with Gasteiger partial charge in [-0.15, -0.1) is 0 Å². The first-order chi connectivity index (χ1) is 36.0. The number of hydrogen-bond acceptors (Lipinski definition) is 17. The average Bonchev–Trinajstić information content (AvgIpc) is 4.38. The maximum absolute atomic E-state index is 12.6. The third kappa shape index (κ3) is 17.8. The molecule has 75 heavy (non-hydrogen) atoms. The molecule has 0 spiro atoms. The molecule has 6 fully saturated rings. The summed E-state index contributed by atoms with van der Waals surface area (Å²) in [5.74, 6) is 0.729. The Hall–Kier alpha value is -6.04. The van der Waals surface area contributed by atoms with Crippen molar-refractivity contribution >= 4 is 45.8 Å². The number of benzene rings is 3. The molecule has 4 aliphatic carbocycles. The van der Waals surface area contributed by atoms with E-state index in [0.717, 1.165) is 74.8 Å². The number of methoxy groups -OCH3 is 3. The summed E-state index contributed by atoms with van der Waals surface area (Å²) < 4.78 is 14.5. The molecule has 0 aromatic heterocycles. The van der Waals surface area contributed by atoms with E-state index < -0.39 is 26.0 Å². The number of aromatic carboxylic acids is 1. The van der Waals surface area contributed by atoms with E-state index in [4.69, 9.17) is 36.7 Å². The summed E-state index contributed by atoms with van der Waals surface area (Å²) in [5.41, 5.74) is 5.91. The third-order valence-electron chi connectivity index (χ3n) is 14.9. The van der Waals surface area contributed by atoms with Crippen LogP contribution in [-0.2, 0) is 0 Å². The number of nitrogens with two attached hydrogens (primary N) is 1. The Morgan fingerprint density at radius 1 is 0.573 bits per heavy atom. The molecule has 6 aliphatic rings. The molecule has 4 N–H and O–H groups in total. The van der Waals surface area contributed by atoms with Gasteiger partial charge in [0, 0.05) is 131 Å². The van der Waals surface area contributed by atoms with Gasteiger partial charge in [0.25, 0.3) is 11.1 Å². The molecule has 0 bridgehead atoms. The number of carboxylic acids is 1. The first-order valence-electron chi connectivity index (χ1n) is 25.9. The maximum Gasteiger partial charge on any atom is 0.335 e. The van der Waals surface area contributed by atoms with Crippen LogP contribution >= 0.6 is 11.6 Å². The van der Waals surface area contributed by atoms with Crippen molar-refractivity contribution in [3.05, 3.63) is 102 Å². The van der Waals surface area contributed by atoms with Gasteiger partial charge in [0.2, 0.25) is 0 Å². The van der Waals surface area contributed by atoms with Crippen molar-refractivity contribution in [1.29, 1.82) is 0 Å². The van der Waals surface area contributed by atoms with E-state index >= 15 is 0 Å². The summed E-state index contributed by atoms with van der Waals surface area (Å²) >= 11 is 5.20. The van der Waals surface area contributed by atoms with Gasteiger partial charge in [-0.3, -0.25) is 49.7 Å². The van der Waals surface area contributed by atoms with Crippen LogP contribution in [-0.4, -0.2) is 168 Å². The highest BCUT2D eigenvalue weighted by Gasteiger charge is 2.33. The summed E-state index contributed by atoms with van der Waals surface area (Å²) in [6.07, 6.45) is 15.1. The van der Waals surface area contributed by atoms with Crippen LogP contribution in [0.3, 0.4) is 0 Å². The summed E-state index contributed by atoms with van der Waals surface area (Å²) in [7, 11) is 3.90. The van der Waals surface area contributed by atoms with E-state index in [1.807, 2.05) is 0 Å². The minimum atomic E-state index is -1.15. The van der Waals surface area contributed by atoms with E-state index in [-0.39, 0.29) is 57.4 Å². The van der Waals surface area contributed by atoms with Crippen molar-refractivity contribution in [3.8, 4) is 17.2 Å². The largest absolute Gasteiger partial charge is 0.490 e. The van der Waals surface area contributed by atoms with Crippen LogP contribution in [0.25, 0.3) is 0 Å². The Balaban J connectivity index is 0.000000174. The number of amides is 1. The Morgan fingerprint density at radius 2 is 0.933 bits per heavy atom. The summed E-state index contributed by atoms with van der Waals surface area (Å²) in [6.45, 7) is 12.6. The van der Waals surface area contributed by atoms with Crippen LogP contribution < -0.4 is 25.3 Å². The van der Waals surface area contributed by atoms with Gasteiger partial charge in [-0.25, -0.2) is 4.79 Å². The number of carboxylic acid groups (broad SMARTS) is 1. The number of nitro benzene ring substituents is 3. The smallest absolute Gasteiger partial charge is 0.335 e. The van der Waals surface area contributed by atoms with Crippen LogP contribution in [0.4, 0.5) is 17.1 Å². The number of nitro groups is 3. The van der Waals surface area contributed by atoms with Crippen LogP contribution in [0.15, 0.2) is 54.6 Å². The van der Waals surface area contributed by atoms with Gasteiger partial charge in [-0.1, -0.05) is 0 Å². The maximum atomic E-state index is 12.6. The standard InChI is InChI=1S/C22H32N4O4.C14H27N3.C8H6ClNO4.C8H7NO5/c1-30-21-14-17(4-9-20(21)26(28)29)22(27)23-18-5-7-19(8-6-18)25-12-10-24(11-13-25)15-16-2-3-16;15-13-3-5-14(6-4-13)17-9-7-16(8-10-17)11-12-1-2-12;1-14-7-4-5(8(9)11)2-3-6(7)10(12)13;1-14-7-4-5(8(10)11)2-3-6(7)9(12)13/h4,9,14,16,18-19H,2-3,5-8,10-13,15H2,1H3,(H,23,27);12-14H,1-11,15H2;2-4H,1H3;2-4H,1H3,(H,10,11). The highest BCUT2D eigenvalue weighted by atomic mass is 35.5. The number of ether oxygens (including phenoxy) is 3. The molecule has 2 heterocycles. The fourth-order valence-corrected chi connectivity index (χ4v) is 10.3. The summed E-state index contributed by atoms with van der Waals surface area (Å²) in [5, 5.41) is 43.0. The zero-order chi connectivity index (χ0) is 54.2. The molecular weight excluding hydrogens is 994 g/mol. The molecule has 2 saturated heterocycles. The Bertz CT molecular complexity index is 2350. The topological polar surface area (TPSA) is 280 Å². The van der Waals surface area contributed by atoms with E-state index in [2.05, 4.69) is 24.9 Å². The lowest BCUT2D eigenvalue weighted by molar-refractivity contribution is -0.385. The second-order valence-electron chi connectivity index (χ2n) is 20.1. The van der Waals surface area contributed by atoms with Crippen LogP contribution in [0.1, 0.15) is 108 Å². The van der Waals surface area contributed by atoms with Gasteiger partial charge in [0.1, 0.15) is 0 Å². The zero-order valence-electron chi connectivity index (χ0n) is 43.1. The van der Waals surface area contributed by atoms with E-state index in [0.29, 0.717) is 17.6 Å². The lowest BCUT2D eigenvalue weighted by Gasteiger charge is -2.42. The molecule has 23 heteroatoms. The van der Waals surface area contributed by atoms with Crippen molar-refractivity contribution in [2.45, 2.75) is 101 Å². The SMILES string of the molecule is COc1cc(C(=O)Cl)ccc1[N+](=O)[O-].COc1cc(C(=O)NC2CCC(N3CCN(CC4CC4)CC3)CC2)ccc1[N+](=O)[O-].COc1cc(C(=O)O)ccc1[N+](=O)[O-].NC1CCC(N2CCN(CC3CC3)CC2)CC1. The molecular formula is C52H72ClN9O13. The molecule has 2 aliphatic heterocycles. The highest BCUT2D eigenvalue weighted by molar-refractivity contribution is 6.67. The Kier molecular flexibility index (Phi) is 21.9. The fourth-order valence-electron chi connectivity index (χ4n) is 10.2. The van der Waals surface area contributed by atoms with Gasteiger partial charge in [0.15, 0.2) is 17.2 Å². The number of carbonyl (C=O) groups is 3. The average molecular weight is 1070 g/mol. The quantitative estimate of drug-likeness (QED) is 0.0724. The van der Waals surface area contributed by atoms with E-state index in [1.54, 1.807) is 0 Å². The minimum absolute atomic E-state index is 0.0153. The van der Waals surface area contributed by atoms with Crippen molar-refractivity contribution in [2.75, 3.05) is 86.8 Å². The number of nitrogens with zero attached hydrogens (tertiary/aromatic N) is 7. The molecule has 0 radical (unpaired) electrons. The number of piperazine rings is 2. The molecule has 0 atom stereocenters. The molecule has 3 aromatic carbocycles. The number of nitrogens with one attached hydrogen (secondary N) is 1. The molecule has 3 aromatic rings. The summed E-state index contributed by atoms with van der Waals surface area (Å²) in [6, 6.07) is 13.4. The van der Waals surface area contributed by atoms with Gasteiger partial charge < -0.3 is 40.2 Å². The van der Waals surface area contributed by atoms with Gasteiger partial charge in [-0.05, 0) is 125 Å². The van der Waals surface area contributed by atoms with E-state index in [9.17, 15) is 44.7 Å². The van der Waals surface area contributed by atoms with Crippen molar-refractivity contribution < 1.29 is 48.5 Å². The predicted octanol–water partition coefficient (Wildman–Crippen LogP) is 7.24. The van der Waals surface area contributed by atoms with Gasteiger partial charge in [-0.2, -0.15) is 0 Å². The number of carbonyl (C=O) groups excluding carboxylic acids is 2. The Labute approximate surface area is 442 Å². The van der Waals surface area contributed by atoms with Crippen LogP contribution in [0.2, 0.25) is 0 Å². The summed E-state index contributed by atoms with van der Waals surface area (Å²) in [4.78, 5) is 74.8. The highest BCUT2D eigenvalue weighted by Crippen LogP contribution is 2.33. The second kappa shape index (κ2) is 28.2. The molecule has 22 nitrogen and oxygen atoms in total. The Morgan fingerprint density at radius 3 is 1.29 bits per heavy atom. The second-order valence-corrected chi connectivity index (χ2v) is 20.5. The fraction of sp³-hybridized carbons (Fsp3) is 0.596. The van der Waals surface area contributed by atoms with E-state index in [1.165, 1.54) is 161 Å². The third-order valence-corrected chi connectivity index (χ3v) is 15.1. The number of halogens is 1. The molecule has 0 unspecified atom stereocenters. The van der Waals surface area contributed by atoms with Crippen LogP contribution in [0, 0.1) is 42.2 Å². The first kappa shape index (κ1) is 58.2. The molecule has 1 amide bonds. The van der Waals surface area contributed by atoms with Gasteiger partial charge >= 0.3 is 23.0 Å². The normalized spacial score (nSPS) is 22.3. The molecule has 9 rings (SSSR count). The predicted molar refractivity (Wildman–Crippen MR) is 281 cm³/mol.